The first-order chi connectivity index (χ1) is 9.08. The zero-order valence-electron chi connectivity index (χ0n) is 11.6. The zero-order valence-corrected chi connectivity index (χ0v) is 11.6. The largest absolute Gasteiger partial charge is 0.384 e. The summed E-state index contributed by atoms with van der Waals surface area (Å²) in [6, 6.07) is 8.04. The number of rotatable bonds is 6. The number of carbonyl (C=O) groups excluding carboxylic acids is 2. The highest BCUT2D eigenvalue weighted by molar-refractivity contribution is 5.97. The Morgan fingerprint density at radius 3 is 2.37 bits per heavy atom. The third-order valence-corrected chi connectivity index (χ3v) is 2.77. The van der Waals surface area contributed by atoms with Crippen LogP contribution < -0.4 is 10.6 Å². The highest BCUT2D eigenvalue weighted by atomic mass is 16.2. The molecule has 1 rings (SSSR count). The van der Waals surface area contributed by atoms with Crippen molar-refractivity contribution in [3.63, 3.8) is 0 Å². The summed E-state index contributed by atoms with van der Waals surface area (Å²) in [4.78, 5) is 21.9. The maximum atomic E-state index is 11.7. The predicted octanol–water partition coefficient (Wildman–Crippen LogP) is 1.69. The van der Waals surface area contributed by atoms with Gasteiger partial charge in [-0.05, 0) is 23.1 Å². The standard InChI is InChI=1S/C15H20N2O2/c1-11(2)13-6-4-12(5-7-13)10-14(16-3)15(19)17-8-9-18/h4-7,9-11,16H,8H2,1-3H3,(H,17,19)/b14-10-. The van der Waals surface area contributed by atoms with Crippen LogP contribution in [0.25, 0.3) is 6.08 Å². The van der Waals surface area contributed by atoms with Crippen molar-refractivity contribution in [1.29, 1.82) is 0 Å². The maximum absolute atomic E-state index is 11.7. The molecule has 1 aromatic rings. The molecule has 0 saturated carbocycles. The molecular formula is C15H20N2O2. The Bertz CT molecular complexity index is 462. The molecule has 0 fully saturated rings. The minimum atomic E-state index is -0.289. The Morgan fingerprint density at radius 2 is 1.89 bits per heavy atom. The molecule has 0 aliphatic rings. The molecule has 0 radical (unpaired) electrons. The maximum Gasteiger partial charge on any atom is 0.267 e. The molecule has 0 aliphatic heterocycles. The number of carbonyl (C=O) groups is 2. The van der Waals surface area contributed by atoms with E-state index in [0.717, 1.165) is 5.56 Å². The highest BCUT2D eigenvalue weighted by Gasteiger charge is 2.06. The lowest BCUT2D eigenvalue weighted by molar-refractivity contribution is -0.119. The predicted molar refractivity (Wildman–Crippen MR) is 76.6 cm³/mol. The smallest absolute Gasteiger partial charge is 0.267 e. The molecule has 0 bridgehead atoms. The molecule has 0 saturated heterocycles. The van der Waals surface area contributed by atoms with Gasteiger partial charge in [-0.25, -0.2) is 0 Å². The number of nitrogens with one attached hydrogen (secondary N) is 2. The van der Waals surface area contributed by atoms with Gasteiger partial charge in [-0.1, -0.05) is 38.1 Å². The normalized spacial score (nSPS) is 11.3. The van der Waals surface area contributed by atoms with Crippen LogP contribution in [0.1, 0.15) is 30.9 Å². The van der Waals surface area contributed by atoms with Crippen LogP contribution >= 0.6 is 0 Å². The van der Waals surface area contributed by atoms with E-state index in [1.54, 1.807) is 13.1 Å². The summed E-state index contributed by atoms with van der Waals surface area (Å²) in [5, 5.41) is 5.33. The van der Waals surface area contributed by atoms with Crippen LogP contribution in [-0.2, 0) is 9.59 Å². The van der Waals surface area contributed by atoms with Gasteiger partial charge in [0.25, 0.3) is 5.91 Å². The van der Waals surface area contributed by atoms with Gasteiger partial charge in [-0.3, -0.25) is 4.79 Å². The summed E-state index contributed by atoms with van der Waals surface area (Å²) in [6.45, 7) is 4.29. The SMILES string of the molecule is CN/C(=C\c1ccc(C(C)C)cc1)C(=O)NCC=O. The Balaban J connectivity index is 2.85. The Labute approximate surface area is 113 Å². The second-order valence-corrected chi connectivity index (χ2v) is 4.51. The lowest BCUT2D eigenvalue weighted by Crippen LogP contribution is -2.31. The Hall–Kier alpha value is -2.10. The average molecular weight is 260 g/mol. The van der Waals surface area contributed by atoms with Crippen molar-refractivity contribution < 1.29 is 9.59 Å². The topological polar surface area (TPSA) is 58.2 Å². The van der Waals surface area contributed by atoms with Gasteiger partial charge in [-0.15, -0.1) is 0 Å². The molecule has 0 atom stereocenters. The van der Waals surface area contributed by atoms with Crippen molar-refractivity contribution in [2.24, 2.45) is 0 Å². The molecule has 0 heterocycles. The Kier molecular flexibility index (Phi) is 5.79. The van der Waals surface area contributed by atoms with Crippen LogP contribution in [-0.4, -0.2) is 25.8 Å². The van der Waals surface area contributed by atoms with Crippen molar-refractivity contribution in [2.45, 2.75) is 19.8 Å². The molecule has 4 nitrogen and oxygen atoms in total. The van der Waals surface area contributed by atoms with Crippen molar-refractivity contribution >= 4 is 18.3 Å². The third kappa shape index (κ3) is 4.58. The highest BCUT2D eigenvalue weighted by Crippen LogP contribution is 2.15. The van der Waals surface area contributed by atoms with Crippen LogP contribution in [0.2, 0.25) is 0 Å². The average Bonchev–Trinajstić information content (AvgIpc) is 2.42. The van der Waals surface area contributed by atoms with E-state index in [0.29, 0.717) is 17.9 Å². The number of hydrogen-bond donors (Lipinski definition) is 2. The van der Waals surface area contributed by atoms with Crippen LogP contribution in [0.5, 0.6) is 0 Å². The van der Waals surface area contributed by atoms with Crippen molar-refractivity contribution in [3.05, 3.63) is 41.1 Å². The van der Waals surface area contributed by atoms with Gasteiger partial charge < -0.3 is 15.4 Å². The molecule has 1 amide bonds. The van der Waals surface area contributed by atoms with Gasteiger partial charge in [0.2, 0.25) is 0 Å². The summed E-state index contributed by atoms with van der Waals surface area (Å²) >= 11 is 0. The number of hydrogen-bond acceptors (Lipinski definition) is 3. The third-order valence-electron chi connectivity index (χ3n) is 2.77. The monoisotopic (exact) mass is 260 g/mol. The molecule has 2 N–H and O–H groups in total. The summed E-state index contributed by atoms with van der Waals surface area (Å²) in [6.07, 6.45) is 2.41. The van der Waals surface area contributed by atoms with E-state index >= 15 is 0 Å². The first-order valence-electron chi connectivity index (χ1n) is 6.29. The van der Waals surface area contributed by atoms with Crippen molar-refractivity contribution in [2.75, 3.05) is 13.6 Å². The lowest BCUT2D eigenvalue weighted by atomic mass is 10.0. The van der Waals surface area contributed by atoms with Crippen LogP contribution in [0, 0.1) is 0 Å². The molecule has 0 aliphatic carbocycles. The first kappa shape index (κ1) is 15.0. The van der Waals surface area contributed by atoms with Gasteiger partial charge in [0, 0.05) is 7.05 Å². The fraction of sp³-hybridized carbons (Fsp3) is 0.333. The van der Waals surface area contributed by atoms with E-state index in [2.05, 4.69) is 24.5 Å². The molecule has 1 aromatic carbocycles. The molecule has 0 spiro atoms. The molecule has 19 heavy (non-hydrogen) atoms. The van der Waals surface area contributed by atoms with Crippen molar-refractivity contribution in [1.82, 2.24) is 10.6 Å². The molecule has 4 heteroatoms. The zero-order chi connectivity index (χ0) is 14.3. The number of amides is 1. The van der Waals surface area contributed by atoms with E-state index in [1.165, 1.54) is 5.56 Å². The molecule has 0 aromatic heterocycles. The van der Waals surface area contributed by atoms with Crippen molar-refractivity contribution in [3.8, 4) is 0 Å². The van der Waals surface area contributed by atoms with Crippen LogP contribution in [0.15, 0.2) is 30.0 Å². The second-order valence-electron chi connectivity index (χ2n) is 4.51. The minimum absolute atomic E-state index is 0.0180. The van der Waals surface area contributed by atoms with E-state index in [9.17, 15) is 9.59 Å². The van der Waals surface area contributed by atoms with Gasteiger partial charge in [-0.2, -0.15) is 0 Å². The van der Waals surface area contributed by atoms with Gasteiger partial charge >= 0.3 is 0 Å². The van der Waals surface area contributed by atoms with Gasteiger partial charge in [0.05, 0.1) is 6.54 Å². The first-order valence-corrected chi connectivity index (χ1v) is 6.29. The van der Waals surface area contributed by atoms with E-state index < -0.39 is 0 Å². The number of likely N-dealkylation sites (N-methyl/N-ethyl adjacent to an activating group) is 1. The molecule has 102 valence electrons. The summed E-state index contributed by atoms with van der Waals surface area (Å²) in [5.41, 5.74) is 2.63. The second kappa shape index (κ2) is 7.36. The number of benzene rings is 1. The summed E-state index contributed by atoms with van der Waals surface area (Å²) in [7, 11) is 1.68. The quantitative estimate of drug-likeness (QED) is 0.604. The Morgan fingerprint density at radius 1 is 1.26 bits per heavy atom. The van der Waals surface area contributed by atoms with Gasteiger partial charge in [0.1, 0.15) is 12.0 Å². The number of aldehydes is 1. The molecule has 0 unspecified atom stereocenters. The van der Waals surface area contributed by atoms with E-state index in [-0.39, 0.29) is 12.5 Å². The minimum Gasteiger partial charge on any atom is -0.384 e. The van der Waals surface area contributed by atoms with E-state index in [1.807, 2.05) is 24.3 Å². The van der Waals surface area contributed by atoms with E-state index in [4.69, 9.17) is 0 Å². The fourth-order valence-corrected chi connectivity index (χ4v) is 1.62. The summed E-state index contributed by atoms with van der Waals surface area (Å²) < 4.78 is 0. The van der Waals surface area contributed by atoms with Gasteiger partial charge in [0.15, 0.2) is 0 Å². The van der Waals surface area contributed by atoms with Crippen LogP contribution in [0.3, 0.4) is 0 Å². The van der Waals surface area contributed by atoms with Crippen LogP contribution in [0.4, 0.5) is 0 Å². The fourth-order valence-electron chi connectivity index (χ4n) is 1.62. The lowest BCUT2D eigenvalue weighted by Gasteiger charge is -2.08. The molecular weight excluding hydrogens is 240 g/mol. The summed E-state index contributed by atoms with van der Waals surface area (Å²) in [5.74, 6) is 0.195.